The van der Waals surface area contributed by atoms with Gasteiger partial charge in [-0.3, -0.25) is 4.79 Å². The van der Waals surface area contributed by atoms with Crippen LogP contribution >= 0.6 is 28.1 Å². The van der Waals surface area contributed by atoms with E-state index in [1.54, 1.807) is 6.07 Å². The largest absolute Gasteiger partial charge is 0.370 e. The number of nitrogens with one attached hydrogen (secondary N) is 1. The smallest absolute Gasteiger partial charge is 0.233 e. The summed E-state index contributed by atoms with van der Waals surface area (Å²) in [6, 6.07) is 7.55. The summed E-state index contributed by atoms with van der Waals surface area (Å²) in [4.78, 5) is 16.2. The van der Waals surface area contributed by atoms with Crippen LogP contribution in [0.15, 0.2) is 58.6 Å². The van der Waals surface area contributed by atoms with Gasteiger partial charge in [-0.2, -0.15) is 5.26 Å². The fourth-order valence-corrected chi connectivity index (χ4v) is 6.78. The Kier molecular flexibility index (Phi) is 5.44. The number of ether oxygens (including phenoxy) is 1. The SMILES string of the molecule is CC1(C)C=CC=C(C(=S)NC2C[C@@]3(C)O[C@]2(C)C2C(=O)N(c4ccc(C#N)c(Br)c4)CC23)C=C1. The molecule has 4 aliphatic rings. The van der Waals surface area contributed by atoms with Gasteiger partial charge in [0.15, 0.2) is 0 Å². The molecule has 0 spiro atoms. The molecular weight excluding hydrogens is 510 g/mol. The number of carbonyl (C=O) groups excluding carboxylic acids is 1. The molecule has 0 saturated carbocycles. The zero-order valence-corrected chi connectivity index (χ0v) is 22.2. The lowest BCUT2D eigenvalue weighted by atomic mass is 9.66. The van der Waals surface area contributed by atoms with Crippen LogP contribution in [0.2, 0.25) is 0 Å². The summed E-state index contributed by atoms with van der Waals surface area (Å²) < 4.78 is 7.31. The second-order valence-corrected chi connectivity index (χ2v) is 12.0. The first-order valence-electron chi connectivity index (χ1n) is 11.6. The van der Waals surface area contributed by atoms with Crippen LogP contribution in [0.3, 0.4) is 0 Å². The molecule has 176 valence electrons. The first-order valence-corrected chi connectivity index (χ1v) is 12.8. The summed E-state index contributed by atoms with van der Waals surface area (Å²) in [5, 5.41) is 12.8. The highest BCUT2D eigenvalue weighted by molar-refractivity contribution is 9.10. The van der Waals surface area contributed by atoms with E-state index in [9.17, 15) is 10.1 Å². The molecule has 5 rings (SSSR count). The highest BCUT2D eigenvalue weighted by Gasteiger charge is 2.72. The number of carbonyl (C=O) groups is 1. The molecule has 2 bridgehead atoms. The third-order valence-electron chi connectivity index (χ3n) is 7.92. The molecule has 5 nitrogen and oxygen atoms in total. The van der Waals surface area contributed by atoms with Gasteiger partial charge in [-0.1, -0.05) is 56.4 Å². The number of amides is 1. The lowest BCUT2D eigenvalue weighted by molar-refractivity contribution is -0.126. The molecule has 1 N–H and O–H groups in total. The number of benzene rings is 1. The second-order valence-electron chi connectivity index (χ2n) is 10.8. The zero-order valence-electron chi connectivity index (χ0n) is 19.8. The summed E-state index contributed by atoms with van der Waals surface area (Å²) in [6.07, 6.45) is 11.3. The molecular formula is C27H28BrN3O2S. The van der Waals surface area contributed by atoms with Crippen molar-refractivity contribution in [2.75, 3.05) is 11.4 Å². The Morgan fingerprint density at radius 3 is 2.76 bits per heavy atom. The van der Waals surface area contributed by atoms with Crippen molar-refractivity contribution in [3.8, 4) is 6.07 Å². The van der Waals surface area contributed by atoms with E-state index in [4.69, 9.17) is 17.0 Å². The number of nitriles is 1. The maximum atomic E-state index is 13.7. The van der Waals surface area contributed by atoms with Gasteiger partial charge in [0.25, 0.3) is 0 Å². The van der Waals surface area contributed by atoms with Crippen molar-refractivity contribution in [2.24, 2.45) is 17.3 Å². The van der Waals surface area contributed by atoms with Crippen molar-refractivity contribution < 1.29 is 9.53 Å². The predicted octanol–water partition coefficient (Wildman–Crippen LogP) is 5.22. The van der Waals surface area contributed by atoms with Crippen LogP contribution in [-0.2, 0) is 9.53 Å². The maximum absolute atomic E-state index is 13.7. The number of hydrogen-bond acceptors (Lipinski definition) is 4. The van der Waals surface area contributed by atoms with E-state index in [0.717, 1.165) is 17.7 Å². The Balaban J connectivity index is 1.39. The predicted molar refractivity (Wildman–Crippen MR) is 140 cm³/mol. The summed E-state index contributed by atoms with van der Waals surface area (Å²) in [5.74, 6) is -0.0753. The summed E-state index contributed by atoms with van der Waals surface area (Å²) in [5.41, 5.74) is 1.25. The second kappa shape index (κ2) is 7.87. The van der Waals surface area contributed by atoms with Gasteiger partial charge in [0.05, 0.1) is 28.7 Å². The van der Waals surface area contributed by atoms with E-state index in [1.807, 2.05) is 29.2 Å². The standard InChI is InChI=1S/C27H28BrN3O2S/c1-25(2)10-5-6-16(9-11-25)23(34)30-21-13-26(3)19-15-31(24(32)22(19)27(21,4)33-26)18-8-7-17(14-29)20(28)12-18/h5-12,19,21-22H,13,15H2,1-4H3,(H,30,34)/t19?,21?,22?,26-,27+/m1/s1. The minimum Gasteiger partial charge on any atom is -0.370 e. The molecule has 1 aromatic rings. The molecule has 3 heterocycles. The fraction of sp³-hybridized carbons (Fsp3) is 0.444. The van der Waals surface area contributed by atoms with E-state index < -0.39 is 11.2 Å². The molecule has 3 aliphatic heterocycles. The van der Waals surface area contributed by atoms with Crippen molar-refractivity contribution in [3.05, 3.63) is 64.2 Å². The molecule has 3 saturated heterocycles. The van der Waals surface area contributed by atoms with E-state index in [-0.39, 0.29) is 29.2 Å². The Hall–Kier alpha value is -2.27. The van der Waals surface area contributed by atoms with Gasteiger partial charge in [-0.25, -0.2) is 0 Å². The summed E-state index contributed by atoms with van der Waals surface area (Å²) in [7, 11) is 0. The molecule has 1 aromatic carbocycles. The molecule has 1 aliphatic carbocycles. The molecule has 0 radical (unpaired) electrons. The number of halogens is 1. The average Bonchev–Trinajstić information content (AvgIpc) is 3.27. The topological polar surface area (TPSA) is 65.4 Å². The Bertz CT molecular complexity index is 1230. The van der Waals surface area contributed by atoms with Crippen LogP contribution in [0, 0.1) is 28.6 Å². The van der Waals surface area contributed by atoms with Gasteiger partial charge in [-0.15, -0.1) is 0 Å². The fourth-order valence-electron chi connectivity index (χ4n) is 6.05. The molecule has 3 fully saturated rings. The molecule has 3 unspecified atom stereocenters. The third kappa shape index (κ3) is 3.59. The molecule has 1 amide bonds. The lowest BCUT2D eigenvalue weighted by Gasteiger charge is -2.37. The Labute approximate surface area is 214 Å². The van der Waals surface area contributed by atoms with Crippen molar-refractivity contribution in [2.45, 2.75) is 51.4 Å². The zero-order chi connectivity index (χ0) is 24.5. The van der Waals surface area contributed by atoms with Crippen LogP contribution in [0.5, 0.6) is 0 Å². The number of nitrogens with zero attached hydrogens (tertiary/aromatic N) is 2. The number of allylic oxidation sites excluding steroid dienone is 4. The quantitative estimate of drug-likeness (QED) is 0.535. The number of rotatable bonds is 3. The molecule has 34 heavy (non-hydrogen) atoms. The molecule has 5 atom stereocenters. The maximum Gasteiger partial charge on any atom is 0.233 e. The van der Waals surface area contributed by atoms with E-state index >= 15 is 0 Å². The number of hydrogen-bond donors (Lipinski definition) is 1. The van der Waals surface area contributed by atoms with Crippen molar-refractivity contribution >= 4 is 44.7 Å². The number of fused-ring (bicyclic) bond motifs is 5. The van der Waals surface area contributed by atoms with E-state index in [0.29, 0.717) is 21.6 Å². The first kappa shape index (κ1) is 23.5. The Morgan fingerprint density at radius 2 is 2.06 bits per heavy atom. The molecule has 0 aromatic heterocycles. The van der Waals surface area contributed by atoms with Crippen LogP contribution in [0.1, 0.15) is 39.7 Å². The highest BCUT2D eigenvalue weighted by Crippen LogP contribution is 2.60. The van der Waals surface area contributed by atoms with E-state index in [1.165, 1.54) is 0 Å². The van der Waals surface area contributed by atoms with Gasteiger partial charge >= 0.3 is 0 Å². The van der Waals surface area contributed by atoms with Crippen LogP contribution in [-0.4, -0.2) is 34.7 Å². The van der Waals surface area contributed by atoms with Gasteiger partial charge in [0, 0.05) is 33.6 Å². The van der Waals surface area contributed by atoms with Crippen LogP contribution in [0.4, 0.5) is 5.69 Å². The average molecular weight is 539 g/mol. The molecule has 7 heteroatoms. The van der Waals surface area contributed by atoms with Crippen LogP contribution < -0.4 is 10.2 Å². The van der Waals surface area contributed by atoms with Gasteiger partial charge in [-0.05, 0) is 54.4 Å². The van der Waals surface area contributed by atoms with E-state index in [2.05, 4.69) is 73.2 Å². The summed E-state index contributed by atoms with van der Waals surface area (Å²) >= 11 is 9.24. The third-order valence-corrected chi connectivity index (χ3v) is 8.93. The minimum atomic E-state index is -0.650. The number of thiocarbonyl (C=S) groups is 1. The lowest BCUT2D eigenvalue weighted by Crippen LogP contribution is -2.56. The van der Waals surface area contributed by atoms with Crippen LogP contribution in [0.25, 0.3) is 0 Å². The van der Waals surface area contributed by atoms with Gasteiger partial charge in [0.2, 0.25) is 5.91 Å². The summed E-state index contributed by atoms with van der Waals surface area (Å²) in [6.45, 7) is 9.10. The monoisotopic (exact) mass is 537 g/mol. The van der Waals surface area contributed by atoms with Crippen molar-refractivity contribution in [3.63, 3.8) is 0 Å². The Morgan fingerprint density at radius 1 is 1.29 bits per heavy atom. The minimum absolute atomic E-state index is 0.0176. The van der Waals surface area contributed by atoms with Crippen molar-refractivity contribution in [1.29, 1.82) is 5.26 Å². The van der Waals surface area contributed by atoms with Gasteiger partial charge in [0.1, 0.15) is 11.1 Å². The first-order chi connectivity index (χ1) is 16.0. The highest BCUT2D eigenvalue weighted by atomic mass is 79.9. The van der Waals surface area contributed by atoms with Crippen molar-refractivity contribution in [1.82, 2.24) is 5.32 Å². The normalized spacial score (nSPS) is 35.1. The number of anilines is 1. The van der Waals surface area contributed by atoms with Gasteiger partial charge < -0.3 is 15.0 Å².